The number of aryl methyl sites for hydroxylation is 1. The Morgan fingerprint density at radius 2 is 2.16 bits per heavy atom. The summed E-state index contributed by atoms with van der Waals surface area (Å²) < 4.78 is 6.18. The van der Waals surface area contributed by atoms with Gasteiger partial charge in [0.25, 0.3) is 0 Å². The topological polar surface area (TPSA) is 12.5 Å². The van der Waals surface area contributed by atoms with Crippen molar-refractivity contribution in [2.75, 3.05) is 13.1 Å². The molecule has 2 bridgehead atoms. The molecule has 1 aromatic carbocycles. The van der Waals surface area contributed by atoms with E-state index in [-0.39, 0.29) is 12.1 Å². The first-order valence-corrected chi connectivity index (χ1v) is 7.15. The van der Waals surface area contributed by atoms with Crippen LogP contribution in [0.4, 0.5) is 0 Å². The number of nitrogens with zero attached hydrogens (tertiary/aromatic N) is 1. The predicted octanol–water partition coefficient (Wildman–Crippen LogP) is 2.61. The van der Waals surface area contributed by atoms with Crippen molar-refractivity contribution in [3.05, 3.63) is 35.4 Å². The highest BCUT2D eigenvalue weighted by molar-refractivity contribution is 5.21. The largest absolute Gasteiger partial charge is 0.371 e. The van der Waals surface area contributed by atoms with Gasteiger partial charge in [-0.25, -0.2) is 0 Å². The lowest BCUT2D eigenvalue weighted by Gasteiger charge is -2.48. The van der Waals surface area contributed by atoms with Crippen LogP contribution in [0.15, 0.2) is 24.3 Å². The first kappa shape index (κ1) is 12.7. The molecule has 3 fully saturated rings. The fourth-order valence-corrected chi connectivity index (χ4v) is 3.41. The minimum Gasteiger partial charge on any atom is -0.371 e. The summed E-state index contributed by atoms with van der Waals surface area (Å²) in [6, 6.07) is 8.69. The summed E-state index contributed by atoms with van der Waals surface area (Å²) in [5, 5.41) is 0. The zero-order valence-electron chi connectivity index (χ0n) is 11.5. The lowest BCUT2D eigenvalue weighted by atomic mass is 9.81. The van der Waals surface area contributed by atoms with Crippen molar-refractivity contribution in [1.29, 1.82) is 0 Å². The minimum atomic E-state index is 0.178. The summed E-state index contributed by atoms with van der Waals surface area (Å²) in [5.41, 5.74) is 2.52. The second-order valence-corrected chi connectivity index (χ2v) is 5.75. The van der Waals surface area contributed by atoms with Gasteiger partial charge in [-0.05, 0) is 44.3 Å². The highest BCUT2D eigenvalue weighted by atomic mass is 16.5. The minimum absolute atomic E-state index is 0.178. The van der Waals surface area contributed by atoms with Crippen molar-refractivity contribution in [2.24, 2.45) is 5.92 Å². The zero-order valence-corrected chi connectivity index (χ0v) is 11.5. The Balaban J connectivity index is 1.67. The maximum Gasteiger partial charge on any atom is 0.0980 e. The van der Waals surface area contributed by atoms with Crippen molar-refractivity contribution in [3.63, 3.8) is 0 Å². The molecule has 0 aromatic heterocycles. The lowest BCUT2D eigenvalue weighted by molar-refractivity contribution is -0.0981. The van der Waals surface area contributed by atoms with Crippen LogP contribution in [0.2, 0.25) is 0 Å². The van der Waals surface area contributed by atoms with E-state index in [1.807, 2.05) is 0 Å². The molecule has 4 rings (SSSR count). The number of rotatable bonds is 3. The lowest BCUT2D eigenvalue weighted by Crippen LogP contribution is -2.57. The molecule has 0 amide bonds. The van der Waals surface area contributed by atoms with E-state index in [9.17, 15) is 0 Å². The number of hydrogen-bond donors (Lipinski definition) is 0. The van der Waals surface area contributed by atoms with Crippen LogP contribution in [0.3, 0.4) is 0 Å². The van der Waals surface area contributed by atoms with Crippen molar-refractivity contribution in [1.82, 2.24) is 4.90 Å². The Labute approximate surface area is 115 Å². The molecular formula is C17H21NO. The van der Waals surface area contributed by atoms with Crippen LogP contribution in [-0.2, 0) is 11.3 Å². The van der Waals surface area contributed by atoms with Crippen LogP contribution in [0.1, 0.15) is 24.0 Å². The van der Waals surface area contributed by atoms with E-state index < -0.39 is 0 Å². The van der Waals surface area contributed by atoms with Gasteiger partial charge in [0.05, 0.1) is 18.8 Å². The molecule has 3 aliphatic heterocycles. The molecule has 0 aliphatic carbocycles. The number of terminal acetylenes is 1. The zero-order chi connectivity index (χ0) is 13.2. The normalized spacial score (nSPS) is 33.1. The second-order valence-electron chi connectivity index (χ2n) is 5.75. The van der Waals surface area contributed by atoms with Crippen molar-refractivity contribution >= 4 is 0 Å². The van der Waals surface area contributed by atoms with Crippen molar-refractivity contribution in [2.45, 2.75) is 38.5 Å². The maximum absolute atomic E-state index is 6.18. The quantitative estimate of drug-likeness (QED) is 0.770. The molecule has 2 nitrogen and oxygen atoms in total. The Kier molecular flexibility index (Phi) is 3.59. The number of fused-ring (bicyclic) bond motifs is 3. The van der Waals surface area contributed by atoms with Gasteiger partial charge in [0.1, 0.15) is 0 Å². The molecule has 0 N–H and O–H groups in total. The number of ether oxygens (including phenoxy) is 1. The third-order valence-electron chi connectivity index (χ3n) is 4.44. The van der Waals surface area contributed by atoms with E-state index >= 15 is 0 Å². The van der Waals surface area contributed by atoms with E-state index in [2.05, 4.69) is 42.0 Å². The van der Waals surface area contributed by atoms with Crippen LogP contribution in [0.5, 0.6) is 0 Å². The van der Waals surface area contributed by atoms with E-state index in [0.717, 1.165) is 13.1 Å². The van der Waals surface area contributed by atoms with Gasteiger partial charge in [0.15, 0.2) is 0 Å². The molecule has 2 atom stereocenters. The van der Waals surface area contributed by atoms with Crippen molar-refractivity contribution in [3.8, 4) is 12.3 Å². The number of piperidine rings is 3. The molecule has 100 valence electrons. The van der Waals surface area contributed by atoms with Gasteiger partial charge < -0.3 is 4.74 Å². The average Bonchev–Trinajstić information content (AvgIpc) is 2.46. The second kappa shape index (κ2) is 5.36. The molecule has 1 aromatic rings. The molecule has 0 radical (unpaired) electrons. The summed E-state index contributed by atoms with van der Waals surface area (Å²) in [6.45, 7) is 5.07. The fourth-order valence-electron chi connectivity index (χ4n) is 3.41. The monoisotopic (exact) mass is 255 g/mol. The van der Waals surface area contributed by atoms with Crippen molar-refractivity contribution < 1.29 is 4.74 Å². The molecule has 3 saturated heterocycles. The van der Waals surface area contributed by atoms with Crippen LogP contribution >= 0.6 is 0 Å². The number of benzene rings is 1. The standard InChI is InChI=1S/C17H21NO/c1-3-16-17(15-7-9-18(16)10-8-15)19-12-14-6-4-5-13(2)11-14/h1,4-6,11,15-17H,7-10,12H2,2H3. The SMILES string of the molecule is C#CC1C(OCc2cccc(C)c2)C2CCN1CC2. The molecule has 3 aliphatic rings. The van der Waals surface area contributed by atoms with E-state index in [1.165, 1.54) is 24.0 Å². The van der Waals surface area contributed by atoms with Gasteiger partial charge >= 0.3 is 0 Å². The molecule has 2 unspecified atom stereocenters. The Morgan fingerprint density at radius 3 is 2.84 bits per heavy atom. The van der Waals surface area contributed by atoms with Crippen LogP contribution < -0.4 is 0 Å². The maximum atomic E-state index is 6.18. The van der Waals surface area contributed by atoms with Gasteiger partial charge in [-0.1, -0.05) is 35.7 Å². The number of hydrogen-bond acceptors (Lipinski definition) is 2. The third-order valence-corrected chi connectivity index (χ3v) is 4.44. The summed E-state index contributed by atoms with van der Waals surface area (Å²) >= 11 is 0. The first-order valence-electron chi connectivity index (χ1n) is 7.15. The Bertz CT molecular complexity index is 482. The summed E-state index contributed by atoms with van der Waals surface area (Å²) in [6.07, 6.45) is 8.38. The Hall–Kier alpha value is -1.30. The summed E-state index contributed by atoms with van der Waals surface area (Å²) in [7, 11) is 0. The van der Waals surface area contributed by atoms with E-state index in [0.29, 0.717) is 12.5 Å². The smallest absolute Gasteiger partial charge is 0.0980 e. The van der Waals surface area contributed by atoms with Gasteiger partial charge in [0.2, 0.25) is 0 Å². The molecule has 3 heterocycles. The Morgan fingerprint density at radius 1 is 1.37 bits per heavy atom. The van der Waals surface area contributed by atoms with E-state index in [4.69, 9.17) is 11.2 Å². The molecule has 0 spiro atoms. The van der Waals surface area contributed by atoms with Crippen LogP contribution in [0, 0.1) is 25.2 Å². The van der Waals surface area contributed by atoms with E-state index in [1.54, 1.807) is 0 Å². The predicted molar refractivity (Wildman–Crippen MR) is 76.7 cm³/mol. The van der Waals surface area contributed by atoms with Gasteiger partial charge in [0, 0.05) is 0 Å². The average molecular weight is 255 g/mol. The molecule has 19 heavy (non-hydrogen) atoms. The van der Waals surface area contributed by atoms with Gasteiger partial charge in [-0.15, -0.1) is 6.42 Å². The molecule has 0 saturated carbocycles. The first-order chi connectivity index (χ1) is 9.28. The molecular weight excluding hydrogens is 234 g/mol. The van der Waals surface area contributed by atoms with Crippen LogP contribution in [-0.4, -0.2) is 30.1 Å². The van der Waals surface area contributed by atoms with Crippen LogP contribution in [0.25, 0.3) is 0 Å². The third kappa shape index (κ3) is 2.54. The summed E-state index contributed by atoms with van der Waals surface area (Å²) in [5.74, 6) is 3.58. The highest BCUT2D eigenvalue weighted by Gasteiger charge is 2.41. The van der Waals surface area contributed by atoms with Gasteiger partial charge in [-0.2, -0.15) is 0 Å². The fraction of sp³-hybridized carbons (Fsp3) is 0.529. The van der Waals surface area contributed by atoms with Gasteiger partial charge in [-0.3, -0.25) is 4.90 Å². The summed E-state index contributed by atoms with van der Waals surface area (Å²) in [4.78, 5) is 2.40. The highest BCUT2D eigenvalue weighted by Crippen LogP contribution is 2.34. The molecule has 2 heteroatoms.